The van der Waals surface area contributed by atoms with Crippen molar-refractivity contribution in [2.24, 2.45) is 13.0 Å². The zero-order valence-electron chi connectivity index (χ0n) is 11.1. The van der Waals surface area contributed by atoms with Gasteiger partial charge in [-0.15, -0.1) is 0 Å². The summed E-state index contributed by atoms with van der Waals surface area (Å²) in [6.07, 6.45) is 3.12. The molecule has 0 aliphatic carbocycles. The van der Waals surface area contributed by atoms with E-state index in [9.17, 15) is 0 Å². The summed E-state index contributed by atoms with van der Waals surface area (Å²) < 4.78 is 3.13. The molecule has 1 heterocycles. The van der Waals surface area contributed by atoms with E-state index in [0.717, 1.165) is 29.7 Å². The fraction of sp³-hybridized carbons (Fsp3) is 0.750. The Morgan fingerprint density at radius 2 is 2.24 bits per heavy atom. The lowest BCUT2D eigenvalue weighted by Gasteiger charge is -2.11. The molecule has 0 aliphatic rings. The zero-order valence-corrected chi connectivity index (χ0v) is 13.5. The second kappa shape index (κ2) is 7.44. The van der Waals surface area contributed by atoms with Crippen molar-refractivity contribution in [3.05, 3.63) is 15.9 Å². The molecule has 0 radical (unpaired) electrons. The fourth-order valence-corrected chi connectivity index (χ4v) is 3.24. The van der Waals surface area contributed by atoms with Crippen LogP contribution in [-0.4, -0.2) is 28.3 Å². The first-order chi connectivity index (χ1) is 8.10. The molecule has 0 saturated heterocycles. The van der Waals surface area contributed by atoms with Crippen LogP contribution >= 0.6 is 27.7 Å². The summed E-state index contributed by atoms with van der Waals surface area (Å²) in [6.45, 7) is 6.34. The van der Waals surface area contributed by atoms with Crippen molar-refractivity contribution in [1.29, 1.82) is 0 Å². The van der Waals surface area contributed by atoms with Crippen LogP contribution < -0.4 is 5.32 Å². The first kappa shape index (κ1) is 15.1. The number of nitrogens with one attached hydrogen (secondary N) is 1. The number of aromatic nitrogens is 2. The maximum absolute atomic E-state index is 4.49. The highest BCUT2D eigenvalue weighted by molar-refractivity contribution is 9.10. The number of thioether (sulfide) groups is 1. The van der Waals surface area contributed by atoms with Crippen LogP contribution in [0.3, 0.4) is 0 Å². The molecule has 0 aliphatic heterocycles. The van der Waals surface area contributed by atoms with Crippen LogP contribution in [-0.2, 0) is 20.0 Å². The van der Waals surface area contributed by atoms with Gasteiger partial charge in [-0.25, -0.2) is 0 Å². The third kappa shape index (κ3) is 4.30. The molecular formula is C12H22BrN3S. The van der Waals surface area contributed by atoms with Gasteiger partial charge in [0.15, 0.2) is 0 Å². The molecule has 1 aromatic rings. The summed E-state index contributed by atoms with van der Waals surface area (Å²) >= 11 is 5.54. The minimum Gasteiger partial charge on any atom is -0.311 e. The van der Waals surface area contributed by atoms with E-state index >= 15 is 0 Å². The molecule has 0 spiro atoms. The van der Waals surface area contributed by atoms with Crippen molar-refractivity contribution in [2.75, 3.05) is 18.6 Å². The van der Waals surface area contributed by atoms with Gasteiger partial charge >= 0.3 is 0 Å². The molecule has 1 unspecified atom stereocenters. The van der Waals surface area contributed by atoms with E-state index in [0.29, 0.717) is 5.92 Å². The summed E-state index contributed by atoms with van der Waals surface area (Å²) in [5.74, 6) is 1.92. The van der Waals surface area contributed by atoms with Crippen LogP contribution in [0, 0.1) is 5.92 Å². The van der Waals surface area contributed by atoms with Gasteiger partial charge in [0.2, 0.25) is 0 Å². The lowest BCUT2D eigenvalue weighted by atomic mass is 10.2. The van der Waals surface area contributed by atoms with Gasteiger partial charge in [0.25, 0.3) is 0 Å². The van der Waals surface area contributed by atoms with Crippen LogP contribution in [0.4, 0.5) is 0 Å². The van der Waals surface area contributed by atoms with E-state index in [-0.39, 0.29) is 0 Å². The minimum absolute atomic E-state index is 0.711. The van der Waals surface area contributed by atoms with Gasteiger partial charge in [0.1, 0.15) is 0 Å². The molecule has 98 valence electrons. The predicted octanol–water partition coefficient (Wildman–Crippen LogP) is 2.83. The molecule has 3 nitrogen and oxygen atoms in total. The summed E-state index contributed by atoms with van der Waals surface area (Å²) in [5, 5.41) is 7.99. The average Bonchev–Trinajstić information content (AvgIpc) is 2.56. The second-order valence-electron chi connectivity index (χ2n) is 4.38. The zero-order chi connectivity index (χ0) is 12.8. The third-order valence-electron chi connectivity index (χ3n) is 2.74. The largest absolute Gasteiger partial charge is 0.311 e. The summed E-state index contributed by atoms with van der Waals surface area (Å²) in [5.41, 5.74) is 2.37. The molecule has 0 saturated carbocycles. The van der Waals surface area contributed by atoms with Gasteiger partial charge in [-0.2, -0.15) is 16.9 Å². The number of rotatable bonds is 7. The number of hydrogen-bond acceptors (Lipinski definition) is 3. The Hall–Kier alpha value is -0.000000000000000111. The van der Waals surface area contributed by atoms with E-state index in [2.05, 4.69) is 46.4 Å². The molecule has 0 amide bonds. The minimum atomic E-state index is 0.711. The maximum Gasteiger partial charge on any atom is 0.0767 e. The van der Waals surface area contributed by atoms with Gasteiger partial charge in [-0.1, -0.05) is 13.8 Å². The van der Waals surface area contributed by atoms with Crippen molar-refractivity contribution in [2.45, 2.75) is 26.8 Å². The smallest absolute Gasteiger partial charge is 0.0767 e. The first-order valence-electron chi connectivity index (χ1n) is 6.00. The van der Waals surface area contributed by atoms with Crippen molar-refractivity contribution in [1.82, 2.24) is 15.1 Å². The Kier molecular flexibility index (Phi) is 6.59. The fourth-order valence-electron chi connectivity index (χ4n) is 1.79. The Balaban J connectivity index is 2.49. The Labute approximate surface area is 117 Å². The number of aryl methyl sites for hydroxylation is 2. The van der Waals surface area contributed by atoms with E-state index < -0.39 is 0 Å². The van der Waals surface area contributed by atoms with Crippen LogP contribution in [0.1, 0.15) is 25.2 Å². The Morgan fingerprint density at radius 3 is 2.76 bits per heavy atom. The van der Waals surface area contributed by atoms with Gasteiger partial charge in [0, 0.05) is 13.6 Å². The molecular weight excluding hydrogens is 298 g/mol. The Morgan fingerprint density at radius 1 is 1.53 bits per heavy atom. The summed E-state index contributed by atoms with van der Waals surface area (Å²) in [7, 11) is 2.01. The highest BCUT2D eigenvalue weighted by Gasteiger charge is 2.12. The van der Waals surface area contributed by atoms with E-state index in [4.69, 9.17) is 0 Å². The van der Waals surface area contributed by atoms with Gasteiger partial charge < -0.3 is 5.32 Å². The molecule has 1 N–H and O–H groups in total. The topological polar surface area (TPSA) is 29.9 Å². The monoisotopic (exact) mass is 319 g/mol. The lowest BCUT2D eigenvalue weighted by Crippen LogP contribution is -2.23. The highest BCUT2D eigenvalue weighted by Crippen LogP contribution is 2.21. The molecule has 0 aromatic carbocycles. The number of hydrogen-bond donors (Lipinski definition) is 1. The molecule has 5 heteroatoms. The van der Waals surface area contributed by atoms with Crippen molar-refractivity contribution in [3.8, 4) is 0 Å². The van der Waals surface area contributed by atoms with Crippen LogP contribution in [0.5, 0.6) is 0 Å². The quantitative estimate of drug-likeness (QED) is 0.838. The van der Waals surface area contributed by atoms with E-state index in [1.807, 2.05) is 23.5 Å². The van der Waals surface area contributed by atoms with Crippen LogP contribution in [0.2, 0.25) is 0 Å². The molecule has 0 bridgehead atoms. The molecule has 1 atom stereocenters. The van der Waals surface area contributed by atoms with Gasteiger partial charge in [-0.05, 0) is 46.8 Å². The first-order valence-corrected chi connectivity index (χ1v) is 8.18. The van der Waals surface area contributed by atoms with Gasteiger partial charge in [-0.3, -0.25) is 4.68 Å². The normalized spacial score (nSPS) is 13.0. The van der Waals surface area contributed by atoms with Gasteiger partial charge in [0.05, 0.1) is 15.9 Å². The molecule has 17 heavy (non-hydrogen) atoms. The van der Waals surface area contributed by atoms with E-state index in [1.165, 1.54) is 11.4 Å². The lowest BCUT2D eigenvalue weighted by molar-refractivity contribution is 0.541. The molecule has 0 fully saturated rings. The van der Waals surface area contributed by atoms with Crippen molar-refractivity contribution in [3.63, 3.8) is 0 Å². The van der Waals surface area contributed by atoms with Crippen molar-refractivity contribution < 1.29 is 0 Å². The number of nitrogens with zero attached hydrogens (tertiary/aromatic N) is 2. The van der Waals surface area contributed by atoms with E-state index in [1.54, 1.807) is 0 Å². The number of halogens is 1. The highest BCUT2D eigenvalue weighted by atomic mass is 79.9. The summed E-state index contributed by atoms with van der Waals surface area (Å²) in [4.78, 5) is 0. The Bertz CT molecular complexity index is 352. The van der Waals surface area contributed by atoms with Crippen LogP contribution in [0.15, 0.2) is 4.47 Å². The standard InChI is InChI=1S/C12H22BrN3S/c1-5-10-12(13)11(16(3)15-10)7-14-6-9(2)8-17-4/h9,14H,5-8H2,1-4H3. The molecule has 1 rings (SSSR count). The average molecular weight is 320 g/mol. The SMILES string of the molecule is CCc1nn(C)c(CNCC(C)CSC)c1Br. The second-order valence-corrected chi connectivity index (χ2v) is 6.08. The summed E-state index contributed by atoms with van der Waals surface area (Å²) in [6, 6.07) is 0. The molecule has 1 aromatic heterocycles. The van der Waals surface area contributed by atoms with Crippen molar-refractivity contribution >= 4 is 27.7 Å². The van der Waals surface area contributed by atoms with Crippen LogP contribution in [0.25, 0.3) is 0 Å². The maximum atomic E-state index is 4.49. The predicted molar refractivity (Wildman–Crippen MR) is 79.5 cm³/mol. The third-order valence-corrected chi connectivity index (χ3v) is 4.56.